The van der Waals surface area contributed by atoms with Gasteiger partial charge >= 0.3 is 0 Å². The lowest BCUT2D eigenvalue weighted by Crippen LogP contribution is -2.51. The minimum atomic E-state index is 0.196. The Kier molecular flexibility index (Phi) is 7.40. The number of rotatable bonds is 7. The van der Waals surface area contributed by atoms with E-state index in [1.807, 2.05) is 6.92 Å². The van der Waals surface area contributed by atoms with Crippen molar-refractivity contribution in [1.29, 1.82) is 0 Å². The molecule has 1 N–H and O–H groups in total. The summed E-state index contributed by atoms with van der Waals surface area (Å²) in [6.45, 7) is 9.25. The van der Waals surface area contributed by atoms with Gasteiger partial charge in [-0.25, -0.2) is 0 Å². The summed E-state index contributed by atoms with van der Waals surface area (Å²) in [4.78, 5) is 14.9. The molecule has 1 saturated heterocycles. The van der Waals surface area contributed by atoms with Crippen LogP contribution in [-0.2, 0) is 9.53 Å². The first-order valence-corrected chi connectivity index (χ1v) is 8.96. The summed E-state index contributed by atoms with van der Waals surface area (Å²) in [6.07, 6.45) is 9.48. The van der Waals surface area contributed by atoms with Crippen LogP contribution < -0.4 is 5.32 Å². The maximum absolute atomic E-state index is 12.4. The number of allylic oxidation sites excluding steroid dienone is 2. The number of hydrogen-bond acceptors (Lipinski definition) is 3. The van der Waals surface area contributed by atoms with Gasteiger partial charge < -0.3 is 15.0 Å². The van der Waals surface area contributed by atoms with Crippen LogP contribution in [0.4, 0.5) is 0 Å². The Bertz CT molecular complexity index is 370. The van der Waals surface area contributed by atoms with Gasteiger partial charge in [-0.15, -0.1) is 0 Å². The van der Waals surface area contributed by atoms with Crippen molar-refractivity contribution in [3.63, 3.8) is 0 Å². The lowest BCUT2D eigenvalue weighted by atomic mass is 9.90. The first-order valence-electron chi connectivity index (χ1n) is 8.96. The number of carbonyl (C=O) groups is 1. The van der Waals surface area contributed by atoms with Crippen LogP contribution in [0.2, 0.25) is 0 Å². The molecule has 22 heavy (non-hydrogen) atoms. The fourth-order valence-electron chi connectivity index (χ4n) is 3.52. The molecule has 126 valence electrons. The van der Waals surface area contributed by atoms with Crippen molar-refractivity contribution < 1.29 is 9.53 Å². The normalized spacial score (nSPS) is 29.5. The number of nitrogens with one attached hydrogen (secondary N) is 1. The van der Waals surface area contributed by atoms with Crippen LogP contribution in [0, 0.1) is 11.8 Å². The van der Waals surface area contributed by atoms with Crippen molar-refractivity contribution >= 4 is 5.91 Å². The highest BCUT2D eigenvalue weighted by molar-refractivity contribution is 5.79. The quantitative estimate of drug-likeness (QED) is 0.580. The summed E-state index contributed by atoms with van der Waals surface area (Å²) in [5.74, 6) is 0.997. The van der Waals surface area contributed by atoms with Crippen LogP contribution in [0.5, 0.6) is 0 Å². The smallest absolute Gasteiger partial charge is 0.223 e. The van der Waals surface area contributed by atoms with Crippen molar-refractivity contribution in [1.82, 2.24) is 10.2 Å². The average Bonchev–Trinajstić information content (AvgIpc) is 2.55. The topological polar surface area (TPSA) is 41.6 Å². The van der Waals surface area contributed by atoms with Gasteiger partial charge in [0.1, 0.15) is 0 Å². The van der Waals surface area contributed by atoms with E-state index in [1.165, 1.54) is 0 Å². The average molecular weight is 308 g/mol. The zero-order valence-electron chi connectivity index (χ0n) is 14.2. The molecule has 0 aromatic heterocycles. The van der Waals surface area contributed by atoms with Gasteiger partial charge in [0.15, 0.2) is 0 Å². The number of likely N-dealkylation sites (tertiary alicyclic amines) is 1. The standard InChI is InChI=1S/C18H32N2O2/c1-3-22-13-7-11-20-12-10-17(15(2)14-20)19-18(21)16-8-5-4-6-9-16/h4-5,15-17H,3,6-14H2,1-2H3,(H,19,21)/t15-,16-,17-/m0/s1. The van der Waals surface area contributed by atoms with Crippen LogP contribution >= 0.6 is 0 Å². The Hall–Kier alpha value is -0.870. The van der Waals surface area contributed by atoms with Crippen LogP contribution in [0.1, 0.15) is 46.0 Å². The van der Waals surface area contributed by atoms with E-state index in [0.29, 0.717) is 12.0 Å². The Morgan fingerprint density at radius 3 is 2.91 bits per heavy atom. The summed E-state index contributed by atoms with van der Waals surface area (Å²) < 4.78 is 5.40. The predicted molar refractivity (Wildman–Crippen MR) is 89.7 cm³/mol. The second kappa shape index (κ2) is 9.31. The highest BCUT2D eigenvalue weighted by Gasteiger charge is 2.29. The van der Waals surface area contributed by atoms with Gasteiger partial charge in [-0.2, -0.15) is 0 Å². The Morgan fingerprint density at radius 1 is 1.36 bits per heavy atom. The van der Waals surface area contributed by atoms with Crippen LogP contribution in [0.25, 0.3) is 0 Å². The lowest BCUT2D eigenvalue weighted by Gasteiger charge is -2.38. The van der Waals surface area contributed by atoms with Crippen molar-refractivity contribution in [2.75, 3.05) is 32.8 Å². The van der Waals surface area contributed by atoms with Crippen molar-refractivity contribution in [2.24, 2.45) is 11.8 Å². The molecule has 1 fully saturated rings. The molecular formula is C18H32N2O2. The van der Waals surface area contributed by atoms with Gasteiger partial charge in [-0.1, -0.05) is 19.1 Å². The van der Waals surface area contributed by atoms with Gasteiger partial charge in [-0.3, -0.25) is 4.79 Å². The van der Waals surface area contributed by atoms with Crippen molar-refractivity contribution in [3.8, 4) is 0 Å². The molecule has 1 aliphatic heterocycles. The summed E-state index contributed by atoms with van der Waals surface area (Å²) in [5, 5.41) is 3.31. The molecule has 1 amide bonds. The summed E-state index contributed by atoms with van der Waals surface area (Å²) in [6, 6.07) is 0.349. The third kappa shape index (κ3) is 5.40. The second-order valence-corrected chi connectivity index (χ2v) is 6.71. The molecule has 2 aliphatic rings. The third-order valence-corrected chi connectivity index (χ3v) is 4.92. The second-order valence-electron chi connectivity index (χ2n) is 6.71. The Balaban J connectivity index is 1.69. The summed E-state index contributed by atoms with van der Waals surface area (Å²) >= 11 is 0. The largest absolute Gasteiger partial charge is 0.382 e. The first kappa shape index (κ1) is 17.5. The predicted octanol–water partition coefficient (Wildman–Crippen LogP) is 2.60. The maximum atomic E-state index is 12.4. The lowest BCUT2D eigenvalue weighted by molar-refractivity contribution is -0.126. The molecule has 2 rings (SSSR count). The van der Waals surface area contributed by atoms with E-state index >= 15 is 0 Å². The molecule has 0 bridgehead atoms. The molecule has 4 heteroatoms. The number of carbonyl (C=O) groups excluding carboxylic acids is 1. The minimum absolute atomic E-state index is 0.196. The van der Waals surface area contributed by atoms with Crippen molar-refractivity contribution in [2.45, 2.75) is 52.0 Å². The molecular weight excluding hydrogens is 276 g/mol. The highest BCUT2D eigenvalue weighted by atomic mass is 16.5. The van der Waals surface area contributed by atoms with E-state index in [-0.39, 0.29) is 11.8 Å². The van der Waals surface area contributed by atoms with Gasteiger partial charge in [0.2, 0.25) is 5.91 Å². The molecule has 1 aliphatic carbocycles. The SMILES string of the molecule is CCOCCCN1CC[C@H](NC(=O)[C@H]2CC=CCC2)[C@@H](C)C1. The zero-order chi connectivity index (χ0) is 15.8. The van der Waals surface area contributed by atoms with E-state index in [0.717, 1.165) is 65.0 Å². The molecule has 0 radical (unpaired) electrons. The van der Waals surface area contributed by atoms with Gasteiger partial charge in [-0.05, 0) is 44.9 Å². The molecule has 4 nitrogen and oxygen atoms in total. The van der Waals surface area contributed by atoms with Crippen molar-refractivity contribution in [3.05, 3.63) is 12.2 Å². The summed E-state index contributed by atoms with van der Waals surface area (Å²) in [5.41, 5.74) is 0. The maximum Gasteiger partial charge on any atom is 0.223 e. The van der Waals surface area contributed by atoms with E-state index in [1.54, 1.807) is 0 Å². The minimum Gasteiger partial charge on any atom is -0.382 e. The van der Waals surface area contributed by atoms with Crippen LogP contribution in [0.15, 0.2) is 12.2 Å². The number of piperidine rings is 1. The fraction of sp³-hybridized carbons (Fsp3) is 0.833. The first-order chi connectivity index (χ1) is 10.7. The third-order valence-electron chi connectivity index (χ3n) is 4.92. The van der Waals surface area contributed by atoms with Gasteiger partial charge in [0.05, 0.1) is 0 Å². The molecule has 0 aromatic carbocycles. The van der Waals surface area contributed by atoms with E-state index in [2.05, 4.69) is 29.3 Å². The van der Waals surface area contributed by atoms with Gasteiger partial charge in [0.25, 0.3) is 0 Å². The number of amides is 1. The Morgan fingerprint density at radius 2 is 2.23 bits per heavy atom. The van der Waals surface area contributed by atoms with Crippen LogP contribution in [-0.4, -0.2) is 49.7 Å². The van der Waals surface area contributed by atoms with Gasteiger partial charge in [0, 0.05) is 44.8 Å². The van der Waals surface area contributed by atoms with E-state index < -0.39 is 0 Å². The molecule has 0 saturated carbocycles. The monoisotopic (exact) mass is 308 g/mol. The van der Waals surface area contributed by atoms with Crippen LogP contribution in [0.3, 0.4) is 0 Å². The molecule has 1 heterocycles. The Labute approximate surface area is 135 Å². The molecule has 3 atom stereocenters. The molecule has 0 aromatic rings. The highest BCUT2D eigenvalue weighted by Crippen LogP contribution is 2.21. The van der Waals surface area contributed by atoms with E-state index in [9.17, 15) is 4.79 Å². The number of nitrogens with zero attached hydrogens (tertiary/aromatic N) is 1. The summed E-state index contributed by atoms with van der Waals surface area (Å²) in [7, 11) is 0. The molecule has 0 spiro atoms. The zero-order valence-corrected chi connectivity index (χ0v) is 14.2. The molecule has 0 unspecified atom stereocenters. The number of hydrogen-bond donors (Lipinski definition) is 1. The fourth-order valence-corrected chi connectivity index (χ4v) is 3.52. The number of ether oxygens (including phenoxy) is 1. The van der Waals surface area contributed by atoms with E-state index in [4.69, 9.17) is 4.74 Å².